The van der Waals surface area contributed by atoms with Crippen LogP contribution in [0, 0.1) is 5.92 Å². The molecule has 0 aromatic carbocycles. The Hall–Kier alpha value is -0.610. The first-order valence-corrected chi connectivity index (χ1v) is 6.70. The lowest BCUT2D eigenvalue weighted by Gasteiger charge is -2.29. The molecule has 0 saturated heterocycles. The van der Waals surface area contributed by atoms with E-state index in [-0.39, 0.29) is 12.5 Å². The number of likely N-dealkylation sites (N-methyl/N-ethyl adjacent to an activating group) is 1. The van der Waals surface area contributed by atoms with E-state index in [1.807, 2.05) is 14.0 Å². The van der Waals surface area contributed by atoms with E-state index in [2.05, 4.69) is 0 Å². The summed E-state index contributed by atoms with van der Waals surface area (Å²) in [4.78, 5) is 13.5. The van der Waals surface area contributed by atoms with Crippen LogP contribution in [0.25, 0.3) is 0 Å². The first-order chi connectivity index (χ1) is 8.13. The molecule has 1 amide bonds. The molecule has 0 aromatic heterocycles. The van der Waals surface area contributed by atoms with E-state index in [0.29, 0.717) is 18.6 Å². The van der Waals surface area contributed by atoms with Gasteiger partial charge in [0, 0.05) is 26.2 Å². The Bertz CT molecular complexity index is 225. The number of rotatable bonds is 6. The number of ether oxygens (including phenoxy) is 1. The van der Waals surface area contributed by atoms with Crippen molar-refractivity contribution in [1.29, 1.82) is 0 Å². The van der Waals surface area contributed by atoms with Crippen LogP contribution in [0.1, 0.15) is 39.0 Å². The quantitative estimate of drug-likeness (QED) is 0.716. The van der Waals surface area contributed by atoms with Gasteiger partial charge in [-0.05, 0) is 38.0 Å². The lowest BCUT2D eigenvalue weighted by atomic mass is 9.86. The molecule has 0 aromatic rings. The maximum absolute atomic E-state index is 11.7. The fourth-order valence-corrected chi connectivity index (χ4v) is 2.27. The van der Waals surface area contributed by atoms with Crippen LogP contribution in [0.5, 0.6) is 0 Å². The number of carbonyl (C=O) groups excluding carboxylic acids is 1. The minimum absolute atomic E-state index is 0.0910. The number of nitrogens with two attached hydrogens (primary N) is 1. The summed E-state index contributed by atoms with van der Waals surface area (Å²) in [6, 6.07) is 0.375. The molecule has 0 unspecified atom stereocenters. The number of carbonyl (C=O) groups is 1. The Balaban J connectivity index is 2.19. The number of hydrogen-bond acceptors (Lipinski definition) is 3. The number of amides is 1. The van der Waals surface area contributed by atoms with Crippen LogP contribution in [0.2, 0.25) is 0 Å². The second-order valence-electron chi connectivity index (χ2n) is 5.11. The molecule has 0 aliphatic heterocycles. The largest absolute Gasteiger partial charge is 0.372 e. The second-order valence-corrected chi connectivity index (χ2v) is 5.11. The van der Waals surface area contributed by atoms with Gasteiger partial charge in [0.2, 0.25) is 5.91 Å². The maximum Gasteiger partial charge on any atom is 0.248 e. The zero-order valence-electron chi connectivity index (χ0n) is 11.2. The van der Waals surface area contributed by atoms with Gasteiger partial charge in [0.05, 0.1) is 0 Å². The molecule has 0 atom stereocenters. The first-order valence-electron chi connectivity index (χ1n) is 6.70. The fourth-order valence-electron chi connectivity index (χ4n) is 2.27. The summed E-state index contributed by atoms with van der Waals surface area (Å²) in [5.74, 6) is 0.711. The van der Waals surface area contributed by atoms with Gasteiger partial charge in [-0.25, -0.2) is 0 Å². The number of nitrogens with zero attached hydrogens (tertiary/aromatic N) is 1. The van der Waals surface area contributed by atoms with Crippen LogP contribution in [-0.2, 0) is 9.53 Å². The molecule has 2 N–H and O–H groups in total. The van der Waals surface area contributed by atoms with Crippen LogP contribution < -0.4 is 5.73 Å². The predicted octanol–water partition coefficient (Wildman–Crippen LogP) is 1.39. The Morgan fingerprint density at radius 3 is 2.59 bits per heavy atom. The van der Waals surface area contributed by atoms with E-state index >= 15 is 0 Å². The van der Waals surface area contributed by atoms with Crippen molar-refractivity contribution < 1.29 is 9.53 Å². The molecule has 0 bridgehead atoms. The minimum Gasteiger partial charge on any atom is -0.372 e. The predicted molar refractivity (Wildman–Crippen MR) is 68.7 cm³/mol. The Kier molecular flexibility index (Phi) is 6.52. The topological polar surface area (TPSA) is 55.6 Å². The van der Waals surface area contributed by atoms with Crippen LogP contribution in [0.15, 0.2) is 0 Å². The van der Waals surface area contributed by atoms with Crippen LogP contribution in [0.4, 0.5) is 0 Å². The van der Waals surface area contributed by atoms with E-state index in [9.17, 15) is 4.79 Å². The molecule has 100 valence electrons. The highest BCUT2D eigenvalue weighted by Crippen LogP contribution is 2.23. The van der Waals surface area contributed by atoms with Gasteiger partial charge in [-0.2, -0.15) is 0 Å². The molecule has 0 radical (unpaired) electrons. The van der Waals surface area contributed by atoms with Crippen LogP contribution >= 0.6 is 0 Å². The first kappa shape index (κ1) is 14.5. The van der Waals surface area contributed by atoms with Crippen molar-refractivity contribution in [1.82, 2.24) is 4.90 Å². The van der Waals surface area contributed by atoms with E-state index in [1.54, 1.807) is 4.90 Å². The summed E-state index contributed by atoms with van der Waals surface area (Å²) < 4.78 is 5.26. The summed E-state index contributed by atoms with van der Waals surface area (Å²) in [5.41, 5.74) is 5.87. The summed E-state index contributed by atoms with van der Waals surface area (Å²) in [6.45, 7) is 3.77. The molecule has 4 nitrogen and oxygen atoms in total. The van der Waals surface area contributed by atoms with Gasteiger partial charge in [0.1, 0.15) is 6.61 Å². The molecule has 1 rings (SSSR count). The van der Waals surface area contributed by atoms with Crippen molar-refractivity contribution in [3.05, 3.63) is 0 Å². The second kappa shape index (κ2) is 7.67. The molecule has 1 aliphatic carbocycles. The lowest BCUT2D eigenvalue weighted by Crippen LogP contribution is -2.37. The monoisotopic (exact) mass is 242 g/mol. The molecule has 4 heteroatoms. The van der Waals surface area contributed by atoms with Gasteiger partial charge in [0.15, 0.2) is 0 Å². The highest BCUT2D eigenvalue weighted by molar-refractivity contribution is 5.77. The van der Waals surface area contributed by atoms with Gasteiger partial charge in [0.25, 0.3) is 0 Å². The Labute approximate surface area is 104 Å². The SMILES string of the molecule is CCCOCC(=O)N(C)CC1CCC(N)CC1. The molecule has 1 saturated carbocycles. The minimum atomic E-state index is 0.0910. The van der Waals surface area contributed by atoms with Crippen LogP contribution in [0.3, 0.4) is 0 Å². The van der Waals surface area contributed by atoms with E-state index in [4.69, 9.17) is 10.5 Å². The van der Waals surface area contributed by atoms with Crippen LogP contribution in [-0.4, -0.2) is 43.7 Å². The van der Waals surface area contributed by atoms with Gasteiger partial charge in [-0.3, -0.25) is 4.79 Å². The average molecular weight is 242 g/mol. The van der Waals surface area contributed by atoms with E-state index < -0.39 is 0 Å². The summed E-state index contributed by atoms with van der Waals surface area (Å²) in [5, 5.41) is 0. The van der Waals surface area contributed by atoms with Crippen molar-refractivity contribution in [3.63, 3.8) is 0 Å². The fraction of sp³-hybridized carbons (Fsp3) is 0.923. The van der Waals surface area contributed by atoms with E-state index in [0.717, 1.165) is 38.6 Å². The molecule has 0 spiro atoms. The molecular weight excluding hydrogens is 216 g/mol. The molecular formula is C13H26N2O2. The van der Waals surface area contributed by atoms with Gasteiger partial charge in [-0.15, -0.1) is 0 Å². The molecule has 17 heavy (non-hydrogen) atoms. The molecule has 1 aliphatic rings. The van der Waals surface area contributed by atoms with Gasteiger partial charge in [-0.1, -0.05) is 6.92 Å². The maximum atomic E-state index is 11.7. The van der Waals surface area contributed by atoms with Crippen molar-refractivity contribution in [2.75, 3.05) is 26.8 Å². The summed E-state index contributed by atoms with van der Waals surface area (Å²) >= 11 is 0. The van der Waals surface area contributed by atoms with Gasteiger partial charge < -0.3 is 15.4 Å². The molecule has 1 fully saturated rings. The normalized spacial score (nSPS) is 24.6. The average Bonchev–Trinajstić information content (AvgIpc) is 2.32. The highest BCUT2D eigenvalue weighted by Gasteiger charge is 2.21. The molecule has 0 heterocycles. The van der Waals surface area contributed by atoms with Crippen molar-refractivity contribution in [2.45, 2.75) is 45.1 Å². The zero-order valence-corrected chi connectivity index (χ0v) is 11.2. The van der Waals surface area contributed by atoms with Gasteiger partial charge >= 0.3 is 0 Å². The third-order valence-electron chi connectivity index (χ3n) is 3.42. The standard InChI is InChI=1S/C13H26N2O2/c1-3-8-17-10-13(16)15(2)9-11-4-6-12(14)7-5-11/h11-12H,3-10,14H2,1-2H3. The smallest absolute Gasteiger partial charge is 0.248 e. The Morgan fingerprint density at radius 1 is 1.35 bits per heavy atom. The lowest BCUT2D eigenvalue weighted by molar-refractivity contribution is -0.135. The van der Waals surface area contributed by atoms with Crippen molar-refractivity contribution in [2.24, 2.45) is 11.7 Å². The Morgan fingerprint density at radius 2 is 2.00 bits per heavy atom. The van der Waals surface area contributed by atoms with Crippen molar-refractivity contribution in [3.8, 4) is 0 Å². The third kappa shape index (κ3) is 5.50. The summed E-state index contributed by atoms with van der Waals surface area (Å²) in [7, 11) is 1.87. The number of hydrogen-bond donors (Lipinski definition) is 1. The zero-order chi connectivity index (χ0) is 12.7. The summed E-state index contributed by atoms with van der Waals surface area (Å²) in [6.07, 6.45) is 5.44. The van der Waals surface area contributed by atoms with Crippen molar-refractivity contribution >= 4 is 5.91 Å². The van der Waals surface area contributed by atoms with E-state index in [1.165, 1.54) is 0 Å². The third-order valence-corrected chi connectivity index (χ3v) is 3.42. The highest BCUT2D eigenvalue weighted by atomic mass is 16.5.